The van der Waals surface area contributed by atoms with E-state index in [0.717, 1.165) is 38.2 Å². The van der Waals surface area contributed by atoms with E-state index in [0.29, 0.717) is 12.1 Å². The molecular weight excluding hydrogens is 324 g/mol. The first-order valence-electron chi connectivity index (χ1n) is 9.72. The molecule has 0 radical (unpaired) electrons. The molecule has 1 aromatic carbocycles. The Hall–Kier alpha value is -2.27. The molecular formula is C21H26N4O. The van der Waals surface area contributed by atoms with Gasteiger partial charge in [-0.25, -0.2) is 4.98 Å². The second-order valence-electron chi connectivity index (χ2n) is 7.73. The number of aromatic nitrogens is 3. The van der Waals surface area contributed by atoms with Crippen LogP contribution in [0, 0.1) is 0 Å². The zero-order chi connectivity index (χ0) is 17.5. The van der Waals surface area contributed by atoms with Gasteiger partial charge in [0.1, 0.15) is 11.9 Å². The van der Waals surface area contributed by atoms with E-state index in [-0.39, 0.29) is 0 Å². The van der Waals surface area contributed by atoms with Gasteiger partial charge in [-0.3, -0.25) is 4.90 Å². The maximum absolute atomic E-state index is 6.38. The Morgan fingerprint density at radius 3 is 2.77 bits per heavy atom. The van der Waals surface area contributed by atoms with E-state index in [1.165, 1.54) is 29.4 Å². The smallest absolute Gasteiger partial charge is 0.129 e. The van der Waals surface area contributed by atoms with Gasteiger partial charge in [0.15, 0.2) is 0 Å². The molecule has 2 fully saturated rings. The zero-order valence-corrected chi connectivity index (χ0v) is 15.3. The molecule has 5 heteroatoms. The average molecular weight is 350 g/mol. The Labute approximate surface area is 154 Å². The first kappa shape index (κ1) is 15.9. The van der Waals surface area contributed by atoms with E-state index >= 15 is 0 Å². The minimum atomic E-state index is 0.311. The fourth-order valence-corrected chi connectivity index (χ4v) is 4.11. The average Bonchev–Trinajstić information content (AvgIpc) is 3.29. The summed E-state index contributed by atoms with van der Waals surface area (Å²) < 4.78 is 10.9. The van der Waals surface area contributed by atoms with Gasteiger partial charge in [-0.05, 0) is 43.9 Å². The molecule has 1 saturated heterocycles. The molecule has 0 N–H and O–H groups in total. The maximum Gasteiger partial charge on any atom is 0.129 e. The van der Waals surface area contributed by atoms with E-state index in [1.54, 1.807) is 0 Å². The molecule has 26 heavy (non-hydrogen) atoms. The van der Waals surface area contributed by atoms with Gasteiger partial charge in [-0.15, -0.1) is 0 Å². The predicted molar refractivity (Wildman–Crippen MR) is 102 cm³/mol. The van der Waals surface area contributed by atoms with Crippen LogP contribution < -0.4 is 4.74 Å². The molecule has 0 atom stereocenters. The molecule has 2 aromatic heterocycles. The zero-order valence-electron chi connectivity index (χ0n) is 15.3. The lowest BCUT2D eigenvalue weighted by molar-refractivity contribution is 0.0966. The van der Waals surface area contributed by atoms with Crippen molar-refractivity contribution in [2.24, 2.45) is 7.05 Å². The molecule has 3 aromatic rings. The highest BCUT2D eigenvalue weighted by Crippen LogP contribution is 2.36. The highest BCUT2D eigenvalue weighted by atomic mass is 16.5. The lowest BCUT2D eigenvalue weighted by atomic mass is 10.1. The van der Waals surface area contributed by atoms with E-state index in [4.69, 9.17) is 4.74 Å². The highest BCUT2D eigenvalue weighted by molar-refractivity contribution is 5.86. The summed E-state index contributed by atoms with van der Waals surface area (Å²) in [5, 5.41) is 1.21. The molecule has 136 valence electrons. The molecule has 0 spiro atoms. The molecule has 5 nitrogen and oxygen atoms in total. The molecule has 0 unspecified atom stereocenters. The van der Waals surface area contributed by atoms with Crippen LogP contribution in [-0.4, -0.2) is 38.2 Å². The van der Waals surface area contributed by atoms with E-state index in [1.807, 2.05) is 12.5 Å². The Balaban J connectivity index is 1.21. The second kappa shape index (κ2) is 6.47. The number of ether oxygens (including phenoxy) is 1. The van der Waals surface area contributed by atoms with E-state index in [2.05, 4.69) is 56.5 Å². The van der Waals surface area contributed by atoms with Crippen molar-refractivity contribution in [2.75, 3.05) is 13.1 Å². The van der Waals surface area contributed by atoms with Crippen molar-refractivity contribution in [2.45, 2.75) is 44.4 Å². The summed E-state index contributed by atoms with van der Waals surface area (Å²) in [6.45, 7) is 3.19. The number of piperidine rings is 1. The third-order valence-electron chi connectivity index (χ3n) is 5.79. The Morgan fingerprint density at radius 2 is 1.96 bits per heavy atom. The summed E-state index contributed by atoms with van der Waals surface area (Å²) in [5.74, 6) is 1.02. The Kier molecular flexibility index (Phi) is 3.97. The van der Waals surface area contributed by atoms with Crippen LogP contribution in [0.25, 0.3) is 10.9 Å². The van der Waals surface area contributed by atoms with Crippen LogP contribution in [0.3, 0.4) is 0 Å². The van der Waals surface area contributed by atoms with Crippen molar-refractivity contribution in [1.82, 2.24) is 19.0 Å². The third kappa shape index (κ3) is 3.01. The summed E-state index contributed by atoms with van der Waals surface area (Å²) in [4.78, 5) is 6.90. The van der Waals surface area contributed by atoms with Crippen LogP contribution >= 0.6 is 0 Å². The van der Waals surface area contributed by atoms with Crippen molar-refractivity contribution in [3.05, 3.63) is 48.7 Å². The van der Waals surface area contributed by atoms with Crippen molar-refractivity contribution in [3.63, 3.8) is 0 Å². The molecule has 5 rings (SSSR count). The number of aryl methyl sites for hydroxylation is 1. The van der Waals surface area contributed by atoms with Crippen LogP contribution in [0.2, 0.25) is 0 Å². The molecule has 1 aliphatic heterocycles. The topological polar surface area (TPSA) is 35.2 Å². The van der Waals surface area contributed by atoms with Gasteiger partial charge in [0.25, 0.3) is 0 Å². The number of hydrogen-bond acceptors (Lipinski definition) is 3. The van der Waals surface area contributed by atoms with Crippen molar-refractivity contribution >= 4 is 10.9 Å². The number of benzene rings is 1. The number of imidazole rings is 1. The minimum Gasteiger partial charge on any atom is -0.490 e. The molecule has 1 aliphatic carbocycles. The van der Waals surface area contributed by atoms with Gasteiger partial charge < -0.3 is 13.9 Å². The number of hydrogen-bond donors (Lipinski definition) is 0. The Bertz CT molecular complexity index is 900. The molecule has 1 saturated carbocycles. The second-order valence-corrected chi connectivity index (χ2v) is 7.73. The quantitative estimate of drug-likeness (QED) is 0.703. The van der Waals surface area contributed by atoms with Gasteiger partial charge in [0.05, 0.1) is 17.5 Å². The lowest BCUT2D eigenvalue weighted by Crippen LogP contribution is -2.38. The summed E-state index contributed by atoms with van der Waals surface area (Å²) in [7, 11) is 2.08. The SMILES string of the molecule is Cn1ccc2c(OC3CCN(Cc4cncn4C4CC4)CC3)cccc21. The van der Waals surface area contributed by atoms with Gasteiger partial charge in [-0.2, -0.15) is 0 Å². The highest BCUT2D eigenvalue weighted by Gasteiger charge is 2.27. The summed E-state index contributed by atoms with van der Waals surface area (Å²) in [5.41, 5.74) is 2.59. The molecule has 0 bridgehead atoms. The van der Waals surface area contributed by atoms with Crippen LogP contribution in [0.5, 0.6) is 5.75 Å². The Morgan fingerprint density at radius 1 is 1.12 bits per heavy atom. The van der Waals surface area contributed by atoms with Crippen LogP contribution in [0.1, 0.15) is 37.4 Å². The normalized spacial score (nSPS) is 19.3. The first-order chi connectivity index (χ1) is 12.8. The summed E-state index contributed by atoms with van der Waals surface area (Å²) in [6, 6.07) is 9.20. The van der Waals surface area contributed by atoms with Crippen LogP contribution in [0.4, 0.5) is 0 Å². The fourth-order valence-electron chi connectivity index (χ4n) is 4.11. The number of fused-ring (bicyclic) bond motifs is 1. The number of likely N-dealkylation sites (tertiary alicyclic amines) is 1. The van der Waals surface area contributed by atoms with Crippen molar-refractivity contribution in [3.8, 4) is 5.75 Å². The summed E-state index contributed by atoms with van der Waals surface area (Å²) in [6.07, 6.45) is 11.2. The van der Waals surface area contributed by atoms with Crippen LogP contribution in [-0.2, 0) is 13.6 Å². The predicted octanol–water partition coefficient (Wildman–Crippen LogP) is 3.75. The van der Waals surface area contributed by atoms with Crippen molar-refractivity contribution in [1.29, 1.82) is 0 Å². The molecule has 0 amide bonds. The monoisotopic (exact) mass is 350 g/mol. The lowest BCUT2D eigenvalue weighted by Gasteiger charge is -2.32. The maximum atomic E-state index is 6.38. The van der Waals surface area contributed by atoms with Crippen molar-refractivity contribution < 1.29 is 4.74 Å². The van der Waals surface area contributed by atoms with E-state index < -0.39 is 0 Å². The summed E-state index contributed by atoms with van der Waals surface area (Å²) >= 11 is 0. The molecule has 3 heterocycles. The number of rotatable bonds is 5. The number of nitrogens with zero attached hydrogens (tertiary/aromatic N) is 4. The van der Waals surface area contributed by atoms with Gasteiger partial charge in [0.2, 0.25) is 0 Å². The fraction of sp³-hybridized carbons (Fsp3) is 0.476. The van der Waals surface area contributed by atoms with Gasteiger partial charge >= 0.3 is 0 Å². The first-order valence-corrected chi connectivity index (χ1v) is 9.72. The van der Waals surface area contributed by atoms with Gasteiger partial charge in [0, 0.05) is 50.5 Å². The minimum absolute atomic E-state index is 0.311. The van der Waals surface area contributed by atoms with Crippen LogP contribution in [0.15, 0.2) is 43.0 Å². The largest absolute Gasteiger partial charge is 0.490 e. The molecule has 2 aliphatic rings. The third-order valence-corrected chi connectivity index (χ3v) is 5.79. The standard InChI is InChI=1S/C21H26N4O/c1-23-10-9-19-20(23)3-2-4-21(19)26-18-7-11-24(12-8-18)14-17-13-22-15-25(17)16-5-6-16/h2-4,9-10,13,15-16,18H,5-8,11-12,14H2,1H3. The van der Waals surface area contributed by atoms with Gasteiger partial charge in [-0.1, -0.05) is 6.07 Å². The van der Waals surface area contributed by atoms with E-state index in [9.17, 15) is 0 Å².